The third-order valence-corrected chi connectivity index (χ3v) is 2.69. The van der Waals surface area contributed by atoms with E-state index < -0.39 is 0 Å². The van der Waals surface area contributed by atoms with Crippen molar-refractivity contribution in [2.75, 3.05) is 13.6 Å². The monoisotopic (exact) mass is 231 g/mol. The van der Waals surface area contributed by atoms with Crippen molar-refractivity contribution in [3.05, 3.63) is 40.4 Å². The fraction of sp³-hybridized carbons (Fsp3) is 0.385. The molecule has 1 heterocycles. The van der Waals surface area contributed by atoms with Gasteiger partial charge in [-0.15, -0.1) is 0 Å². The highest BCUT2D eigenvalue weighted by atomic mass is 16.1. The Kier molecular flexibility index (Phi) is 3.54. The lowest BCUT2D eigenvalue weighted by Crippen LogP contribution is -2.22. The minimum absolute atomic E-state index is 0.0597. The second-order valence-electron chi connectivity index (χ2n) is 4.27. The minimum Gasteiger partial charge on any atom is -0.309 e. The van der Waals surface area contributed by atoms with Gasteiger partial charge >= 0.3 is 0 Å². The maximum atomic E-state index is 11.8. The van der Waals surface area contributed by atoms with E-state index in [2.05, 4.69) is 21.8 Å². The Bertz CT molecular complexity index is 562. The minimum atomic E-state index is -0.0597. The first-order valence-corrected chi connectivity index (χ1v) is 5.87. The number of aromatic amines is 1. The molecular formula is C13H17N3O. The van der Waals surface area contributed by atoms with Crippen LogP contribution in [0.4, 0.5) is 0 Å². The predicted molar refractivity (Wildman–Crippen MR) is 69.0 cm³/mol. The Balaban J connectivity index is 2.33. The number of nitrogens with one attached hydrogen (secondary N) is 1. The van der Waals surface area contributed by atoms with E-state index in [4.69, 9.17) is 0 Å². The van der Waals surface area contributed by atoms with Crippen molar-refractivity contribution in [1.82, 2.24) is 14.9 Å². The van der Waals surface area contributed by atoms with E-state index in [1.165, 1.54) is 0 Å². The summed E-state index contributed by atoms with van der Waals surface area (Å²) in [4.78, 5) is 21.3. The summed E-state index contributed by atoms with van der Waals surface area (Å²) < 4.78 is 0. The molecule has 1 N–H and O–H groups in total. The summed E-state index contributed by atoms with van der Waals surface area (Å²) in [5.41, 5.74) is 0.701. The van der Waals surface area contributed by atoms with Crippen LogP contribution in [-0.2, 0) is 6.54 Å². The van der Waals surface area contributed by atoms with Crippen LogP contribution in [0.3, 0.4) is 0 Å². The third-order valence-electron chi connectivity index (χ3n) is 2.69. The number of H-pyrrole nitrogens is 1. The summed E-state index contributed by atoms with van der Waals surface area (Å²) in [6.45, 7) is 3.80. The molecule has 0 fully saturated rings. The van der Waals surface area contributed by atoms with E-state index in [0.29, 0.717) is 11.9 Å². The van der Waals surface area contributed by atoms with Gasteiger partial charge in [-0.05, 0) is 32.1 Å². The average molecular weight is 231 g/mol. The number of aromatic nitrogens is 2. The Labute approximate surface area is 100 Å². The van der Waals surface area contributed by atoms with Gasteiger partial charge in [-0.3, -0.25) is 9.69 Å². The zero-order valence-electron chi connectivity index (χ0n) is 10.2. The fourth-order valence-electron chi connectivity index (χ4n) is 1.93. The lowest BCUT2D eigenvalue weighted by molar-refractivity contribution is 0.319. The second-order valence-corrected chi connectivity index (χ2v) is 4.27. The molecule has 17 heavy (non-hydrogen) atoms. The van der Waals surface area contributed by atoms with Gasteiger partial charge in [0.2, 0.25) is 0 Å². The summed E-state index contributed by atoms with van der Waals surface area (Å²) in [6, 6.07) is 7.41. The van der Waals surface area contributed by atoms with Gasteiger partial charge in [0.1, 0.15) is 5.82 Å². The predicted octanol–water partition coefficient (Wildman–Crippen LogP) is 1.76. The highest BCUT2D eigenvalue weighted by Gasteiger charge is 2.05. The van der Waals surface area contributed by atoms with Crippen molar-refractivity contribution in [2.45, 2.75) is 19.9 Å². The molecule has 0 spiro atoms. The maximum Gasteiger partial charge on any atom is 0.258 e. The van der Waals surface area contributed by atoms with Crippen molar-refractivity contribution in [3.63, 3.8) is 0 Å². The van der Waals surface area contributed by atoms with Crippen LogP contribution >= 0.6 is 0 Å². The topological polar surface area (TPSA) is 49.0 Å². The number of rotatable bonds is 4. The van der Waals surface area contributed by atoms with Crippen molar-refractivity contribution in [2.24, 2.45) is 0 Å². The van der Waals surface area contributed by atoms with Gasteiger partial charge in [0, 0.05) is 0 Å². The van der Waals surface area contributed by atoms with Gasteiger partial charge in [-0.1, -0.05) is 19.1 Å². The van der Waals surface area contributed by atoms with E-state index in [1.54, 1.807) is 6.07 Å². The number of nitrogens with zero attached hydrogens (tertiary/aromatic N) is 2. The summed E-state index contributed by atoms with van der Waals surface area (Å²) in [5.74, 6) is 0.727. The van der Waals surface area contributed by atoms with Crippen LogP contribution < -0.4 is 5.56 Å². The van der Waals surface area contributed by atoms with Crippen LogP contribution in [0, 0.1) is 0 Å². The Morgan fingerprint density at radius 1 is 1.35 bits per heavy atom. The molecule has 0 radical (unpaired) electrons. The quantitative estimate of drug-likeness (QED) is 0.872. The number of para-hydroxylation sites is 1. The van der Waals surface area contributed by atoms with Crippen LogP contribution in [-0.4, -0.2) is 28.5 Å². The molecule has 2 aromatic rings. The van der Waals surface area contributed by atoms with Crippen molar-refractivity contribution in [1.29, 1.82) is 0 Å². The van der Waals surface area contributed by atoms with Crippen LogP contribution in [0.15, 0.2) is 29.1 Å². The Hall–Kier alpha value is -1.68. The lowest BCUT2D eigenvalue weighted by Gasteiger charge is -2.14. The smallest absolute Gasteiger partial charge is 0.258 e. The SMILES string of the molecule is CCCN(C)Cc1nc2ccccc2c(=O)[nH]1. The molecule has 0 unspecified atom stereocenters. The molecule has 0 saturated carbocycles. The largest absolute Gasteiger partial charge is 0.309 e. The summed E-state index contributed by atoms with van der Waals surface area (Å²) in [6.07, 6.45) is 1.09. The van der Waals surface area contributed by atoms with Gasteiger partial charge in [0.15, 0.2) is 0 Å². The molecule has 4 heteroatoms. The third kappa shape index (κ3) is 2.71. The summed E-state index contributed by atoms with van der Waals surface area (Å²) >= 11 is 0. The van der Waals surface area contributed by atoms with Gasteiger partial charge in [-0.2, -0.15) is 0 Å². The molecule has 1 aromatic carbocycles. The highest BCUT2D eigenvalue weighted by molar-refractivity contribution is 5.77. The molecule has 0 aliphatic heterocycles. The van der Waals surface area contributed by atoms with Crippen molar-refractivity contribution in [3.8, 4) is 0 Å². The molecule has 1 aromatic heterocycles. The maximum absolute atomic E-state index is 11.8. The highest BCUT2D eigenvalue weighted by Crippen LogP contribution is 2.06. The van der Waals surface area contributed by atoms with Crippen LogP contribution in [0.1, 0.15) is 19.2 Å². The van der Waals surface area contributed by atoms with E-state index in [0.717, 1.165) is 24.3 Å². The van der Waals surface area contributed by atoms with Gasteiger partial charge < -0.3 is 4.98 Å². The van der Waals surface area contributed by atoms with E-state index in [-0.39, 0.29) is 5.56 Å². The zero-order valence-corrected chi connectivity index (χ0v) is 10.2. The normalized spacial score (nSPS) is 11.2. The molecular weight excluding hydrogens is 214 g/mol. The van der Waals surface area contributed by atoms with E-state index in [9.17, 15) is 4.79 Å². The number of benzene rings is 1. The molecule has 2 rings (SSSR count). The molecule has 4 nitrogen and oxygen atoms in total. The Morgan fingerprint density at radius 2 is 2.12 bits per heavy atom. The number of hydrogen-bond donors (Lipinski definition) is 1. The lowest BCUT2D eigenvalue weighted by atomic mass is 10.2. The molecule has 0 atom stereocenters. The molecule has 0 amide bonds. The van der Waals surface area contributed by atoms with Crippen LogP contribution in [0.2, 0.25) is 0 Å². The second kappa shape index (κ2) is 5.10. The summed E-state index contributed by atoms with van der Waals surface area (Å²) in [7, 11) is 2.03. The first-order valence-electron chi connectivity index (χ1n) is 5.87. The van der Waals surface area contributed by atoms with E-state index >= 15 is 0 Å². The fourth-order valence-corrected chi connectivity index (χ4v) is 1.93. The first-order chi connectivity index (χ1) is 8.20. The molecule has 0 bridgehead atoms. The molecule has 0 aliphatic rings. The standard InChI is InChI=1S/C13H17N3O/c1-3-8-16(2)9-12-14-11-7-5-4-6-10(11)13(17)15-12/h4-7H,3,8-9H2,1-2H3,(H,14,15,17). The zero-order chi connectivity index (χ0) is 12.3. The van der Waals surface area contributed by atoms with Crippen LogP contribution in [0.5, 0.6) is 0 Å². The first kappa shape index (κ1) is 11.8. The summed E-state index contributed by atoms with van der Waals surface area (Å²) in [5, 5.41) is 0.648. The van der Waals surface area contributed by atoms with Crippen molar-refractivity contribution < 1.29 is 0 Å². The molecule has 0 aliphatic carbocycles. The van der Waals surface area contributed by atoms with Crippen LogP contribution in [0.25, 0.3) is 10.9 Å². The van der Waals surface area contributed by atoms with Gasteiger partial charge in [-0.25, -0.2) is 4.98 Å². The Morgan fingerprint density at radius 3 is 2.88 bits per heavy atom. The number of hydrogen-bond acceptors (Lipinski definition) is 3. The molecule has 90 valence electrons. The van der Waals surface area contributed by atoms with Gasteiger partial charge in [0.05, 0.1) is 17.4 Å². The van der Waals surface area contributed by atoms with Gasteiger partial charge in [0.25, 0.3) is 5.56 Å². The molecule has 0 saturated heterocycles. The van der Waals surface area contributed by atoms with Crippen molar-refractivity contribution >= 4 is 10.9 Å². The van der Waals surface area contributed by atoms with E-state index in [1.807, 2.05) is 25.2 Å². The number of fused-ring (bicyclic) bond motifs is 1. The average Bonchev–Trinajstić information content (AvgIpc) is 2.29.